The standard InChI is InChI=1S/C38H41N9O2/c1-23(48)16-39-17-26-15-34-36(42-18-26)38(44-22-43-34)46-33-9-5-7-31(25(33)3)30-6-4-8-32(24(30)2)45-37-35-28(10-12-40-37)14-27(19-41-35)20-47-13-11-29(49)21-47/h4-10,12,14-15,18-19,22-23,29,39,48-49H,11,13,16-17,20-21H2,1-3H3,(H,40,45)(H,43,44,46)/t23-,29-/m1/s1. The highest BCUT2D eigenvalue weighted by Gasteiger charge is 2.20. The van der Waals surface area contributed by atoms with Gasteiger partial charge in [0.2, 0.25) is 0 Å². The minimum absolute atomic E-state index is 0.240. The van der Waals surface area contributed by atoms with E-state index in [2.05, 4.69) is 85.0 Å². The molecule has 4 aromatic heterocycles. The van der Waals surface area contributed by atoms with E-state index in [1.165, 1.54) is 0 Å². The van der Waals surface area contributed by atoms with Gasteiger partial charge >= 0.3 is 0 Å². The monoisotopic (exact) mass is 655 g/mol. The van der Waals surface area contributed by atoms with Crippen molar-refractivity contribution in [2.24, 2.45) is 0 Å². The molecule has 49 heavy (non-hydrogen) atoms. The van der Waals surface area contributed by atoms with Crippen LogP contribution < -0.4 is 16.0 Å². The zero-order chi connectivity index (χ0) is 33.9. The van der Waals surface area contributed by atoms with Crippen LogP contribution >= 0.6 is 0 Å². The van der Waals surface area contributed by atoms with E-state index in [1.807, 2.05) is 42.9 Å². The Hall–Kier alpha value is -5.07. The number of hydrogen-bond acceptors (Lipinski definition) is 11. The fraction of sp³-hybridized carbons (Fsp3) is 0.289. The van der Waals surface area contributed by atoms with Crippen molar-refractivity contribution in [1.29, 1.82) is 0 Å². The number of nitrogens with one attached hydrogen (secondary N) is 3. The smallest absolute Gasteiger partial charge is 0.160 e. The van der Waals surface area contributed by atoms with Crippen molar-refractivity contribution in [3.63, 3.8) is 0 Å². The van der Waals surface area contributed by atoms with Crippen LogP contribution in [0.1, 0.15) is 35.6 Å². The van der Waals surface area contributed by atoms with Gasteiger partial charge < -0.3 is 26.2 Å². The lowest BCUT2D eigenvalue weighted by Gasteiger charge is -2.18. The van der Waals surface area contributed by atoms with Crippen molar-refractivity contribution >= 4 is 44.9 Å². The van der Waals surface area contributed by atoms with E-state index in [0.29, 0.717) is 36.8 Å². The number of rotatable bonds is 11. The number of anilines is 4. The Balaban J connectivity index is 1.12. The van der Waals surface area contributed by atoms with Gasteiger partial charge in [-0.25, -0.2) is 15.0 Å². The third kappa shape index (κ3) is 7.20. The Morgan fingerprint density at radius 2 is 1.53 bits per heavy atom. The maximum atomic E-state index is 9.91. The summed E-state index contributed by atoms with van der Waals surface area (Å²) in [4.78, 5) is 25.4. The largest absolute Gasteiger partial charge is 0.392 e. The molecule has 11 heteroatoms. The maximum Gasteiger partial charge on any atom is 0.160 e. The topological polar surface area (TPSA) is 144 Å². The molecule has 2 aromatic carbocycles. The van der Waals surface area contributed by atoms with E-state index in [9.17, 15) is 10.2 Å². The average molecular weight is 656 g/mol. The first-order valence-electron chi connectivity index (χ1n) is 16.7. The number of nitrogens with zero attached hydrogens (tertiary/aromatic N) is 6. The molecular formula is C38H41N9O2. The van der Waals surface area contributed by atoms with Gasteiger partial charge in [0.25, 0.3) is 0 Å². The number of pyridine rings is 3. The minimum atomic E-state index is -0.414. The highest BCUT2D eigenvalue weighted by molar-refractivity contribution is 5.92. The average Bonchev–Trinajstić information content (AvgIpc) is 3.50. The summed E-state index contributed by atoms with van der Waals surface area (Å²) in [5.41, 5.74) is 10.6. The molecule has 0 saturated carbocycles. The first-order chi connectivity index (χ1) is 23.8. The molecule has 0 bridgehead atoms. The summed E-state index contributed by atoms with van der Waals surface area (Å²) in [6, 6.07) is 18.6. The number of likely N-dealkylation sites (tertiary alicyclic amines) is 1. The molecule has 5 N–H and O–H groups in total. The van der Waals surface area contributed by atoms with Crippen molar-refractivity contribution in [3.05, 3.63) is 102 Å². The van der Waals surface area contributed by atoms with Crippen molar-refractivity contribution < 1.29 is 10.2 Å². The fourth-order valence-electron chi connectivity index (χ4n) is 6.48. The Morgan fingerprint density at radius 3 is 2.22 bits per heavy atom. The first kappa shape index (κ1) is 32.5. The molecule has 11 nitrogen and oxygen atoms in total. The van der Waals surface area contributed by atoms with Gasteiger partial charge in [-0.2, -0.15) is 0 Å². The minimum Gasteiger partial charge on any atom is -0.392 e. The van der Waals surface area contributed by atoms with Crippen LogP contribution in [-0.4, -0.2) is 71.9 Å². The lowest BCUT2D eigenvalue weighted by Crippen LogP contribution is -2.23. The van der Waals surface area contributed by atoms with Gasteiger partial charge in [0.15, 0.2) is 11.6 Å². The summed E-state index contributed by atoms with van der Waals surface area (Å²) in [6.07, 6.45) is 7.26. The SMILES string of the molecule is Cc1c(Nc2nccc3cc(CN4CC[C@@H](O)C4)cnc23)cccc1-c1cccc(Nc2ncnc3cc(CNC[C@@H](C)O)cnc23)c1C. The number of aromatic nitrogens is 5. The molecule has 0 aliphatic carbocycles. The predicted octanol–water partition coefficient (Wildman–Crippen LogP) is 5.78. The third-order valence-corrected chi connectivity index (χ3v) is 9.07. The molecule has 1 fully saturated rings. The number of β-amino-alcohol motifs (C(OH)–C–C–N with tert-alkyl or cyclic N) is 1. The molecule has 0 spiro atoms. The van der Waals surface area contributed by atoms with Crippen molar-refractivity contribution in [2.75, 3.05) is 30.3 Å². The second-order valence-electron chi connectivity index (χ2n) is 12.9. The lowest BCUT2D eigenvalue weighted by atomic mass is 9.94. The highest BCUT2D eigenvalue weighted by Crippen LogP contribution is 2.36. The van der Waals surface area contributed by atoms with Gasteiger partial charge in [0, 0.05) is 68.1 Å². The molecule has 1 aliphatic heterocycles. The van der Waals surface area contributed by atoms with E-state index >= 15 is 0 Å². The number of aliphatic hydroxyl groups is 2. The number of hydrogen-bond donors (Lipinski definition) is 5. The molecule has 6 aromatic rings. The summed E-state index contributed by atoms with van der Waals surface area (Å²) in [6.45, 7) is 9.45. The fourth-order valence-corrected chi connectivity index (χ4v) is 6.48. The van der Waals surface area contributed by atoms with Crippen LogP contribution in [0.4, 0.5) is 23.0 Å². The van der Waals surface area contributed by atoms with Crippen LogP contribution in [0.15, 0.2) is 79.5 Å². The Morgan fingerprint density at radius 1 is 0.837 bits per heavy atom. The number of benzene rings is 2. The van der Waals surface area contributed by atoms with Crippen LogP contribution in [0.5, 0.6) is 0 Å². The summed E-state index contributed by atoms with van der Waals surface area (Å²) >= 11 is 0. The van der Waals surface area contributed by atoms with Crippen molar-refractivity contribution in [2.45, 2.75) is 52.5 Å². The quantitative estimate of drug-likeness (QED) is 0.116. The second-order valence-corrected chi connectivity index (χ2v) is 12.9. The Labute approximate surface area is 285 Å². The summed E-state index contributed by atoms with van der Waals surface area (Å²) in [7, 11) is 0. The highest BCUT2D eigenvalue weighted by atomic mass is 16.3. The van der Waals surface area contributed by atoms with Crippen LogP contribution in [0.3, 0.4) is 0 Å². The molecule has 1 aliphatic rings. The molecule has 5 heterocycles. The maximum absolute atomic E-state index is 9.91. The van der Waals surface area contributed by atoms with E-state index in [0.717, 1.165) is 80.7 Å². The van der Waals surface area contributed by atoms with Gasteiger partial charge in [-0.1, -0.05) is 24.3 Å². The molecule has 7 rings (SSSR count). The van der Waals surface area contributed by atoms with Crippen molar-refractivity contribution in [1.82, 2.24) is 35.1 Å². The van der Waals surface area contributed by atoms with Crippen LogP contribution in [0, 0.1) is 13.8 Å². The van der Waals surface area contributed by atoms with E-state index in [-0.39, 0.29) is 6.10 Å². The van der Waals surface area contributed by atoms with Crippen LogP contribution in [0.2, 0.25) is 0 Å². The van der Waals surface area contributed by atoms with Crippen LogP contribution in [0.25, 0.3) is 33.1 Å². The molecule has 250 valence electrons. The molecule has 0 unspecified atom stereocenters. The number of aliphatic hydroxyl groups excluding tert-OH is 2. The Bertz CT molecular complexity index is 2120. The normalized spacial score (nSPS) is 15.6. The summed E-state index contributed by atoms with van der Waals surface area (Å²) in [5, 5.41) is 30.8. The molecule has 1 saturated heterocycles. The zero-order valence-corrected chi connectivity index (χ0v) is 28.0. The number of fused-ring (bicyclic) bond motifs is 2. The third-order valence-electron chi connectivity index (χ3n) is 9.07. The van der Waals surface area contributed by atoms with Gasteiger partial charge in [0.1, 0.15) is 17.4 Å². The zero-order valence-electron chi connectivity index (χ0n) is 28.0. The van der Waals surface area contributed by atoms with Gasteiger partial charge in [0.05, 0.1) is 17.7 Å². The predicted molar refractivity (Wildman–Crippen MR) is 194 cm³/mol. The molecule has 0 amide bonds. The Kier molecular flexibility index (Phi) is 9.41. The van der Waals surface area contributed by atoms with Gasteiger partial charge in [-0.3, -0.25) is 14.9 Å². The van der Waals surface area contributed by atoms with E-state index in [1.54, 1.807) is 13.3 Å². The first-order valence-corrected chi connectivity index (χ1v) is 16.7. The molecule has 0 radical (unpaired) electrons. The lowest BCUT2D eigenvalue weighted by molar-refractivity contribution is 0.175. The van der Waals surface area contributed by atoms with E-state index < -0.39 is 6.10 Å². The summed E-state index contributed by atoms with van der Waals surface area (Å²) < 4.78 is 0. The molecular weight excluding hydrogens is 614 g/mol. The second kappa shape index (κ2) is 14.2. The van der Waals surface area contributed by atoms with Gasteiger partial charge in [-0.05, 0) is 90.9 Å². The summed E-state index contributed by atoms with van der Waals surface area (Å²) in [5.74, 6) is 1.34. The molecule has 2 atom stereocenters. The van der Waals surface area contributed by atoms with Gasteiger partial charge in [-0.15, -0.1) is 0 Å². The van der Waals surface area contributed by atoms with Crippen molar-refractivity contribution in [3.8, 4) is 11.1 Å². The van der Waals surface area contributed by atoms with E-state index in [4.69, 9.17) is 4.98 Å². The van der Waals surface area contributed by atoms with Crippen LogP contribution in [-0.2, 0) is 13.1 Å².